The minimum Gasteiger partial charge on any atom is -0.497 e. The largest absolute Gasteiger partial charge is 0.497 e. The van der Waals surface area contributed by atoms with Gasteiger partial charge in [-0.2, -0.15) is 0 Å². The summed E-state index contributed by atoms with van der Waals surface area (Å²) in [4.78, 5) is 7.06. The van der Waals surface area contributed by atoms with Crippen molar-refractivity contribution in [3.05, 3.63) is 29.8 Å². The van der Waals surface area contributed by atoms with Gasteiger partial charge in [-0.1, -0.05) is 12.1 Å². The first-order chi connectivity index (χ1) is 12.8. The van der Waals surface area contributed by atoms with E-state index in [9.17, 15) is 0 Å². The first-order valence-electron chi connectivity index (χ1n) is 9.66. The first kappa shape index (κ1) is 22.2. The third-order valence-corrected chi connectivity index (χ3v) is 5.63. The first-order valence-corrected chi connectivity index (χ1v) is 9.66. The number of methoxy groups -OCH3 is 1. The van der Waals surface area contributed by atoms with Crippen molar-refractivity contribution >= 4 is 29.9 Å². The lowest BCUT2D eigenvalue weighted by atomic mass is 9.88. The molecule has 0 atom stereocenters. The second-order valence-corrected chi connectivity index (χ2v) is 7.16. The topological polar surface area (TPSA) is 58.1 Å². The van der Waals surface area contributed by atoms with Crippen LogP contribution in [0.3, 0.4) is 0 Å². The number of guanidine groups is 1. The number of likely N-dealkylation sites (tertiary alicyclic amines) is 1. The van der Waals surface area contributed by atoms with Crippen LogP contribution in [0.1, 0.15) is 31.2 Å². The zero-order valence-corrected chi connectivity index (χ0v) is 18.8. The Bertz CT molecular complexity index is 582. The van der Waals surface area contributed by atoms with E-state index in [1.807, 2.05) is 19.2 Å². The Hall–Kier alpha value is -1.06. The van der Waals surface area contributed by atoms with E-state index in [0.29, 0.717) is 0 Å². The van der Waals surface area contributed by atoms with Crippen molar-refractivity contribution < 1.29 is 9.47 Å². The molecule has 2 heterocycles. The Morgan fingerprint density at radius 2 is 1.81 bits per heavy atom. The van der Waals surface area contributed by atoms with Gasteiger partial charge in [0.25, 0.3) is 0 Å². The summed E-state index contributed by atoms with van der Waals surface area (Å²) < 4.78 is 10.8. The van der Waals surface area contributed by atoms with Gasteiger partial charge >= 0.3 is 0 Å². The number of hydrogen-bond acceptors (Lipinski definition) is 4. The molecule has 6 nitrogen and oxygen atoms in total. The molecular weight excluding hydrogens is 455 g/mol. The fourth-order valence-electron chi connectivity index (χ4n) is 3.95. The zero-order chi connectivity index (χ0) is 18.2. The van der Waals surface area contributed by atoms with Crippen molar-refractivity contribution in [1.82, 2.24) is 15.5 Å². The minimum atomic E-state index is 0. The van der Waals surface area contributed by atoms with Gasteiger partial charge in [0.15, 0.2) is 5.96 Å². The van der Waals surface area contributed by atoms with Gasteiger partial charge in [0, 0.05) is 38.9 Å². The van der Waals surface area contributed by atoms with Gasteiger partial charge in [0.05, 0.1) is 7.11 Å². The molecule has 0 spiro atoms. The van der Waals surface area contributed by atoms with Crippen LogP contribution in [0.25, 0.3) is 0 Å². The molecule has 2 saturated heterocycles. The maximum Gasteiger partial charge on any atom is 0.191 e. The van der Waals surface area contributed by atoms with Gasteiger partial charge in [-0.3, -0.25) is 9.89 Å². The summed E-state index contributed by atoms with van der Waals surface area (Å²) in [7, 11) is 3.52. The standard InChI is InChI=1S/C20H32N4O2.HI/c1-21-19(22-15-17-5-7-18(25-2)8-6-17)23-16-20(9-13-26-14-10-20)24-11-3-4-12-24;/h5-8H,3-4,9-16H2,1-2H3,(H2,21,22,23);1H. The van der Waals surface area contributed by atoms with Crippen molar-refractivity contribution in [2.45, 2.75) is 37.8 Å². The molecule has 2 aliphatic heterocycles. The monoisotopic (exact) mass is 488 g/mol. The summed E-state index contributed by atoms with van der Waals surface area (Å²) in [6.07, 6.45) is 4.81. The fraction of sp³-hybridized carbons (Fsp3) is 0.650. The second-order valence-electron chi connectivity index (χ2n) is 7.16. The van der Waals surface area contributed by atoms with Crippen LogP contribution in [0.4, 0.5) is 0 Å². The summed E-state index contributed by atoms with van der Waals surface area (Å²) in [6.45, 7) is 5.79. The summed E-state index contributed by atoms with van der Waals surface area (Å²) in [5.41, 5.74) is 1.40. The van der Waals surface area contributed by atoms with Crippen molar-refractivity contribution in [3.8, 4) is 5.75 Å². The number of ether oxygens (including phenoxy) is 2. The second kappa shape index (κ2) is 11.1. The van der Waals surface area contributed by atoms with Crippen LogP contribution in [0.15, 0.2) is 29.3 Å². The average Bonchev–Trinajstić information content (AvgIpc) is 3.25. The van der Waals surface area contributed by atoms with E-state index in [1.165, 1.54) is 31.5 Å². The molecule has 0 aromatic heterocycles. The summed E-state index contributed by atoms with van der Waals surface area (Å²) >= 11 is 0. The predicted molar refractivity (Wildman–Crippen MR) is 120 cm³/mol. The molecule has 27 heavy (non-hydrogen) atoms. The van der Waals surface area contributed by atoms with Gasteiger partial charge in [-0.15, -0.1) is 24.0 Å². The fourth-order valence-corrected chi connectivity index (χ4v) is 3.95. The zero-order valence-electron chi connectivity index (χ0n) is 16.5. The van der Waals surface area contributed by atoms with Crippen LogP contribution < -0.4 is 15.4 Å². The van der Waals surface area contributed by atoms with E-state index in [2.05, 4.69) is 32.7 Å². The molecule has 2 fully saturated rings. The average molecular weight is 488 g/mol. The van der Waals surface area contributed by atoms with Crippen molar-refractivity contribution in [2.24, 2.45) is 4.99 Å². The Morgan fingerprint density at radius 1 is 1.15 bits per heavy atom. The number of benzene rings is 1. The normalized spacial score (nSPS) is 20.0. The molecule has 7 heteroatoms. The summed E-state index contributed by atoms with van der Waals surface area (Å²) in [6, 6.07) is 8.11. The van der Waals surface area contributed by atoms with Crippen molar-refractivity contribution in [3.63, 3.8) is 0 Å². The molecular formula is C20H33IN4O2. The molecule has 0 aliphatic carbocycles. The Labute approximate surface area is 180 Å². The van der Waals surface area contributed by atoms with E-state index in [4.69, 9.17) is 9.47 Å². The van der Waals surface area contributed by atoms with Crippen LogP contribution in [0.2, 0.25) is 0 Å². The van der Waals surface area contributed by atoms with E-state index in [1.54, 1.807) is 7.11 Å². The molecule has 0 saturated carbocycles. The smallest absolute Gasteiger partial charge is 0.191 e. The number of halogens is 1. The molecule has 2 aliphatic rings. The molecule has 0 radical (unpaired) electrons. The van der Waals surface area contributed by atoms with Crippen molar-refractivity contribution in [2.75, 3.05) is 47.0 Å². The van der Waals surface area contributed by atoms with Crippen LogP contribution in [-0.4, -0.2) is 63.4 Å². The highest BCUT2D eigenvalue weighted by molar-refractivity contribution is 14.0. The number of hydrogen-bond donors (Lipinski definition) is 2. The van der Waals surface area contributed by atoms with E-state index >= 15 is 0 Å². The Morgan fingerprint density at radius 3 is 2.41 bits per heavy atom. The van der Waals surface area contributed by atoms with Crippen molar-refractivity contribution in [1.29, 1.82) is 0 Å². The van der Waals surface area contributed by atoms with E-state index in [-0.39, 0.29) is 29.5 Å². The van der Waals surface area contributed by atoms with Gasteiger partial charge in [-0.05, 0) is 56.5 Å². The third kappa shape index (κ3) is 5.96. The summed E-state index contributed by atoms with van der Waals surface area (Å²) in [5.74, 6) is 1.73. The SMILES string of the molecule is CN=C(NCc1ccc(OC)cc1)NCC1(N2CCCC2)CCOCC1.I. The lowest BCUT2D eigenvalue weighted by Crippen LogP contribution is -2.58. The lowest BCUT2D eigenvalue weighted by Gasteiger charge is -2.45. The van der Waals surface area contributed by atoms with E-state index < -0.39 is 0 Å². The van der Waals surface area contributed by atoms with Gasteiger partial charge < -0.3 is 20.1 Å². The highest BCUT2D eigenvalue weighted by Gasteiger charge is 2.39. The third-order valence-electron chi connectivity index (χ3n) is 5.63. The van der Waals surface area contributed by atoms with Crippen LogP contribution in [0, 0.1) is 0 Å². The summed E-state index contributed by atoms with van der Waals surface area (Å²) in [5, 5.41) is 6.99. The Balaban J connectivity index is 0.00000261. The number of nitrogens with zero attached hydrogens (tertiary/aromatic N) is 2. The highest BCUT2D eigenvalue weighted by Crippen LogP contribution is 2.30. The van der Waals surface area contributed by atoms with E-state index in [0.717, 1.165) is 50.9 Å². The van der Waals surface area contributed by atoms with Crippen LogP contribution in [-0.2, 0) is 11.3 Å². The molecule has 1 aromatic rings. The van der Waals surface area contributed by atoms with Gasteiger partial charge in [0.1, 0.15) is 5.75 Å². The molecule has 2 N–H and O–H groups in total. The molecule has 0 amide bonds. The maximum absolute atomic E-state index is 5.63. The molecule has 0 bridgehead atoms. The molecule has 152 valence electrons. The number of nitrogens with one attached hydrogen (secondary N) is 2. The molecule has 0 unspecified atom stereocenters. The Kier molecular flexibility index (Phi) is 9.11. The predicted octanol–water partition coefficient (Wildman–Crippen LogP) is 2.62. The number of aliphatic imine (C=N–C) groups is 1. The number of rotatable bonds is 6. The van der Waals surface area contributed by atoms with Gasteiger partial charge in [0.2, 0.25) is 0 Å². The van der Waals surface area contributed by atoms with Crippen LogP contribution in [0.5, 0.6) is 5.75 Å². The lowest BCUT2D eigenvalue weighted by molar-refractivity contribution is -0.0164. The molecule has 3 rings (SSSR count). The molecule has 1 aromatic carbocycles. The minimum absolute atomic E-state index is 0. The quantitative estimate of drug-likeness (QED) is 0.367. The van der Waals surface area contributed by atoms with Crippen LogP contribution >= 0.6 is 24.0 Å². The maximum atomic E-state index is 5.63. The highest BCUT2D eigenvalue weighted by atomic mass is 127. The van der Waals surface area contributed by atoms with Gasteiger partial charge in [-0.25, -0.2) is 0 Å².